The molecule has 4 rings (SSSR count). The SMILES string of the molecule is CCc1ccc(C2=CC([C]3C(C)=C(C)C(C)=C3C)c3ccccc32)cc1. The number of rotatable bonds is 3. The molecule has 26 heavy (non-hydrogen) atoms. The maximum Gasteiger partial charge on any atom is 0.0370 e. The van der Waals surface area contributed by atoms with Gasteiger partial charge < -0.3 is 0 Å². The lowest BCUT2D eigenvalue weighted by Crippen LogP contribution is -2.08. The first-order valence-electron chi connectivity index (χ1n) is 9.66. The number of allylic oxidation sites excluding steroid dienone is 5. The topological polar surface area (TPSA) is 0 Å². The molecule has 1 atom stereocenters. The van der Waals surface area contributed by atoms with Crippen LogP contribution in [0, 0.1) is 5.92 Å². The van der Waals surface area contributed by atoms with Crippen LogP contribution in [0.3, 0.4) is 0 Å². The van der Waals surface area contributed by atoms with Gasteiger partial charge in [-0.1, -0.05) is 72.7 Å². The van der Waals surface area contributed by atoms with Crippen LogP contribution >= 0.6 is 0 Å². The quantitative estimate of drug-likeness (QED) is 0.562. The second kappa shape index (κ2) is 6.43. The summed E-state index contributed by atoms with van der Waals surface area (Å²) in [4.78, 5) is 0. The van der Waals surface area contributed by atoms with Gasteiger partial charge in [0, 0.05) is 11.8 Å². The Bertz CT molecular complexity index is 924. The zero-order valence-electron chi connectivity index (χ0n) is 16.5. The first-order valence-corrected chi connectivity index (χ1v) is 9.66. The van der Waals surface area contributed by atoms with Gasteiger partial charge in [0.1, 0.15) is 0 Å². The third kappa shape index (κ3) is 2.51. The Balaban J connectivity index is 1.83. The van der Waals surface area contributed by atoms with Gasteiger partial charge in [0.05, 0.1) is 0 Å². The summed E-state index contributed by atoms with van der Waals surface area (Å²) < 4.78 is 0. The fourth-order valence-electron chi connectivity index (χ4n) is 4.48. The molecule has 2 aliphatic rings. The average Bonchev–Trinajstić information content (AvgIpc) is 3.14. The predicted octanol–water partition coefficient (Wildman–Crippen LogP) is 7.04. The van der Waals surface area contributed by atoms with E-state index >= 15 is 0 Å². The van der Waals surface area contributed by atoms with Crippen LogP contribution in [0.4, 0.5) is 0 Å². The molecule has 0 heteroatoms. The summed E-state index contributed by atoms with van der Waals surface area (Å²) in [5, 5.41) is 0. The smallest absolute Gasteiger partial charge is 0.0370 e. The van der Waals surface area contributed by atoms with Crippen molar-refractivity contribution < 1.29 is 0 Å². The first kappa shape index (κ1) is 17.1. The van der Waals surface area contributed by atoms with Crippen molar-refractivity contribution in [3.63, 3.8) is 0 Å². The van der Waals surface area contributed by atoms with Crippen molar-refractivity contribution >= 4 is 5.57 Å². The highest BCUT2D eigenvalue weighted by molar-refractivity contribution is 5.87. The van der Waals surface area contributed by atoms with Crippen molar-refractivity contribution in [2.45, 2.75) is 47.0 Å². The number of hydrogen-bond donors (Lipinski definition) is 0. The molecule has 0 N–H and O–H groups in total. The van der Waals surface area contributed by atoms with E-state index in [0.717, 1.165) is 6.42 Å². The first-order chi connectivity index (χ1) is 12.5. The van der Waals surface area contributed by atoms with E-state index in [2.05, 4.69) is 89.2 Å². The van der Waals surface area contributed by atoms with E-state index in [0.29, 0.717) is 5.92 Å². The molecule has 0 fully saturated rings. The lowest BCUT2D eigenvalue weighted by molar-refractivity contribution is 0.898. The summed E-state index contributed by atoms with van der Waals surface area (Å²) in [6.45, 7) is 11.3. The van der Waals surface area contributed by atoms with Crippen LogP contribution in [-0.4, -0.2) is 0 Å². The highest BCUT2D eigenvalue weighted by Crippen LogP contribution is 2.52. The van der Waals surface area contributed by atoms with E-state index < -0.39 is 0 Å². The van der Waals surface area contributed by atoms with E-state index in [-0.39, 0.29) is 0 Å². The summed E-state index contributed by atoms with van der Waals surface area (Å²) in [5.41, 5.74) is 12.7. The standard InChI is InChI=1S/C26H27/c1-6-20-11-13-21(14-12-20)24-15-25(23-10-8-7-9-22(23)24)26-18(4)16(2)17(3)19(26)5/h7-15,25H,6H2,1-5H3. The molecule has 0 saturated carbocycles. The minimum Gasteiger partial charge on any atom is -0.0672 e. The summed E-state index contributed by atoms with van der Waals surface area (Å²) in [6.07, 6.45) is 3.57. The van der Waals surface area contributed by atoms with Crippen LogP contribution in [0.2, 0.25) is 0 Å². The molecule has 0 amide bonds. The molecular formula is C26H27. The Morgan fingerprint density at radius 3 is 1.96 bits per heavy atom. The van der Waals surface area contributed by atoms with E-state index in [1.807, 2.05) is 0 Å². The Hall–Kier alpha value is -2.34. The van der Waals surface area contributed by atoms with Crippen molar-refractivity contribution in [2.75, 3.05) is 0 Å². The van der Waals surface area contributed by atoms with Gasteiger partial charge in [-0.2, -0.15) is 0 Å². The highest BCUT2D eigenvalue weighted by atomic mass is 14.4. The molecule has 1 radical (unpaired) electrons. The molecule has 2 aromatic carbocycles. The molecule has 131 valence electrons. The van der Waals surface area contributed by atoms with Crippen molar-refractivity contribution in [3.05, 3.63) is 105 Å². The fraction of sp³-hybridized carbons (Fsp3) is 0.269. The predicted molar refractivity (Wildman–Crippen MR) is 112 cm³/mol. The Morgan fingerprint density at radius 2 is 1.35 bits per heavy atom. The number of fused-ring (bicyclic) bond motifs is 1. The largest absolute Gasteiger partial charge is 0.0672 e. The summed E-state index contributed by atoms with van der Waals surface area (Å²) in [7, 11) is 0. The molecular weight excluding hydrogens is 312 g/mol. The normalized spacial score (nSPS) is 20.0. The third-order valence-electron chi connectivity index (χ3n) is 6.40. The molecule has 1 unspecified atom stereocenters. The van der Waals surface area contributed by atoms with Crippen LogP contribution in [0.5, 0.6) is 0 Å². The van der Waals surface area contributed by atoms with Crippen molar-refractivity contribution in [2.24, 2.45) is 0 Å². The van der Waals surface area contributed by atoms with Gasteiger partial charge in [0.2, 0.25) is 0 Å². The zero-order valence-corrected chi connectivity index (χ0v) is 16.5. The second-order valence-electron chi connectivity index (χ2n) is 7.61. The summed E-state index contributed by atoms with van der Waals surface area (Å²) in [6, 6.07) is 18.0. The Labute approximate surface area is 158 Å². The minimum atomic E-state index is 0.361. The van der Waals surface area contributed by atoms with Gasteiger partial charge in [-0.15, -0.1) is 0 Å². The van der Waals surface area contributed by atoms with Gasteiger partial charge in [0.15, 0.2) is 0 Å². The number of aryl methyl sites for hydroxylation is 1. The van der Waals surface area contributed by atoms with Crippen LogP contribution < -0.4 is 0 Å². The lowest BCUT2D eigenvalue weighted by Gasteiger charge is -2.22. The van der Waals surface area contributed by atoms with Gasteiger partial charge >= 0.3 is 0 Å². The van der Waals surface area contributed by atoms with Crippen LogP contribution in [0.15, 0.2) is 76.9 Å². The molecule has 2 aromatic rings. The monoisotopic (exact) mass is 339 g/mol. The molecule has 0 heterocycles. The minimum absolute atomic E-state index is 0.361. The van der Waals surface area contributed by atoms with E-state index in [4.69, 9.17) is 0 Å². The fourth-order valence-corrected chi connectivity index (χ4v) is 4.48. The molecule has 0 nitrogen and oxygen atoms in total. The maximum atomic E-state index is 2.49. The van der Waals surface area contributed by atoms with Gasteiger partial charge in [-0.05, 0) is 73.1 Å². The van der Waals surface area contributed by atoms with E-state index in [9.17, 15) is 0 Å². The van der Waals surface area contributed by atoms with Crippen molar-refractivity contribution in [1.82, 2.24) is 0 Å². The zero-order chi connectivity index (χ0) is 18.4. The third-order valence-corrected chi connectivity index (χ3v) is 6.40. The molecule has 0 spiro atoms. The van der Waals surface area contributed by atoms with Crippen LogP contribution in [0.25, 0.3) is 5.57 Å². The Morgan fingerprint density at radius 1 is 0.731 bits per heavy atom. The average molecular weight is 340 g/mol. The van der Waals surface area contributed by atoms with Gasteiger partial charge in [-0.3, -0.25) is 0 Å². The molecule has 0 aromatic heterocycles. The van der Waals surface area contributed by atoms with Crippen molar-refractivity contribution in [1.29, 1.82) is 0 Å². The lowest BCUT2D eigenvalue weighted by atomic mass is 9.81. The molecule has 0 aliphatic heterocycles. The van der Waals surface area contributed by atoms with E-state index in [1.54, 1.807) is 0 Å². The summed E-state index contributed by atoms with van der Waals surface area (Å²) in [5.74, 6) is 1.87. The second-order valence-corrected chi connectivity index (χ2v) is 7.61. The molecule has 2 aliphatic carbocycles. The number of hydrogen-bond acceptors (Lipinski definition) is 0. The highest BCUT2D eigenvalue weighted by Gasteiger charge is 2.36. The summed E-state index contributed by atoms with van der Waals surface area (Å²) >= 11 is 0. The van der Waals surface area contributed by atoms with Crippen molar-refractivity contribution in [3.8, 4) is 0 Å². The van der Waals surface area contributed by atoms with E-state index in [1.165, 1.54) is 56.0 Å². The number of benzene rings is 2. The van der Waals surface area contributed by atoms with Gasteiger partial charge in [0.25, 0.3) is 0 Å². The maximum absolute atomic E-state index is 2.49. The van der Waals surface area contributed by atoms with Crippen LogP contribution in [0.1, 0.15) is 62.8 Å². The molecule has 0 bridgehead atoms. The van der Waals surface area contributed by atoms with Gasteiger partial charge in [-0.25, -0.2) is 0 Å². The van der Waals surface area contributed by atoms with Crippen LogP contribution in [-0.2, 0) is 6.42 Å². The Kier molecular flexibility index (Phi) is 4.23. The molecule has 0 saturated heterocycles.